The van der Waals surface area contributed by atoms with Crippen LogP contribution in [-0.4, -0.2) is 24.3 Å². The Morgan fingerprint density at radius 3 is 2.76 bits per heavy atom. The van der Waals surface area contributed by atoms with Crippen molar-refractivity contribution in [3.63, 3.8) is 0 Å². The molecule has 0 heterocycles. The Balaban J connectivity index is 1.98. The molecule has 0 aliphatic heterocycles. The first-order chi connectivity index (χ1) is 9.87. The lowest BCUT2D eigenvalue weighted by atomic mass is 9.94. The van der Waals surface area contributed by atoms with Gasteiger partial charge < -0.3 is 9.47 Å². The monoisotopic (exact) mass is 290 g/mol. The van der Waals surface area contributed by atoms with Crippen molar-refractivity contribution < 1.29 is 14.3 Å². The van der Waals surface area contributed by atoms with Crippen molar-refractivity contribution in [1.29, 1.82) is 0 Å². The van der Waals surface area contributed by atoms with Crippen molar-refractivity contribution in [2.75, 3.05) is 6.61 Å². The zero-order chi connectivity index (χ0) is 15.5. The van der Waals surface area contributed by atoms with E-state index in [2.05, 4.69) is 31.2 Å². The predicted molar refractivity (Wildman–Crippen MR) is 83.4 cm³/mol. The summed E-state index contributed by atoms with van der Waals surface area (Å²) < 4.78 is 11.4. The van der Waals surface area contributed by atoms with E-state index >= 15 is 0 Å². The molecule has 116 valence electrons. The molecule has 21 heavy (non-hydrogen) atoms. The molecule has 2 atom stereocenters. The predicted octanol–water partition coefficient (Wildman–Crippen LogP) is 3.99. The molecular formula is C18H26O3. The number of aryl methyl sites for hydroxylation is 1. The highest BCUT2D eigenvalue weighted by Crippen LogP contribution is 2.37. The summed E-state index contributed by atoms with van der Waals surface area (Å²) in [5, 5.41) is 0. The van der Waals surface area contributed by atoms with Crippen molar-refractivity contribution in [3.8, 4) is 0 Å². The van der Waals surface area contributed by atoms with Crippen LogP contribution in [0.1, 0.15) is 57.1 Å². The first-order valence-corrected chi connectivity index (χ1v) is 7.75. The Hall–Kier alpha value is -1.35. The van der Waals surface area contributed by atoms with E-state index < -0.39 is 5.60 Å². The van der Waals surface area contributed by atoms with Crippen LogP contribution < -0.4 is 0 Å². The third kappa shape index (κ3) is 4.57. The molecular weight excluding hydrogens is 264 g/mol. The fourth-order valence-electron chi connectivity index (χ4n) is 3.13. The maximum absolute atomic E-state index is 11.1. The van der Waals surface area contributed by atoms with Gasteiger partial charge in [0, 0.05) is 12.8 Å². The summed E-state index contributed by atoms with van der Waals surface area (Å²) in [4.78, 5) is 11.1. The Morgan fingerprint density at radius 2 is 2.10 bits per heavy atom. The smallest absolute Gasteiger partial charge is 0.303 e. The summed E-state index contributed by atoms with van der Waals surface area (Å²) in [5.74, 6) is 0.197. The molecule has 3 nitrogen and oxygen atoms in total. The lowest BCUT2D eigenvalue weighted by Gasteiger charge is -2.28. The number of carbonyl (C=O) groups is 1. The molecule has 1 unspecified atom stereocenters. The van der Waals surface area contributed by atoms with Crippen molar-refractivity contribution >= 4 is 5.97 Å². The zero-order valence-corrected chi connectivity index (χ0v) is 13.5. The topological polar surface area (TPSA) is 35.5 Å². The van der Waals surface area contributed by atoms with E-state index in [-0.39, 0.29) is 12.1 Å². The number of rotatable bonds is 5. The summed E-state index contributed by atoms with van der Waals surface area (Å²) in [6.45, 7) is 7.79. The first kappa shape index (κ1) is 16.0. The SMILES string of the molecule is CC(=O)OC(C)(C)COC1CCC[C@@H]1c1cccc(C)c1. The molecule has 0 amide bonds. The van der Waals surface area contributed by atoms with Crippen LogP contribution in [0, 0.1) is 6.92 Å². The summed E-state index contributed by atoms with van der Waals surface area (Å²) in [7, 11) is 0. The normalized spacial score (nSPS) is 22.3. The highest BCUT2D eigenvalue weighted by Gasteiger charge is 2.32. The number of ether oxygens (including phenoxy) is 2. The molecule has 2 rings (SSSR count). The van der Waals surface area contributed by atoms with Crippen LogP contribution in [0.2, 0.25) is 0 Å². The fraction of sp³-hybridized carbons (Fsp3) is 0.611. The van der Waals surface area contributed by atoms with Crippen LogP contribution in [0.25, 0.3) is 0 Å². The van der Waals surface area contributed by atoms with Crippen LogP contribution >= 0.6 is 0 Å². The average molecular weight is 290 g/mol. The largest absolute Gasteiger partial charge is 0.457 e. The standard InChI is InChI=1S/C18H26O3/c1-13-7-5-8-15(11-13)16-9-6-10-17(16)20-12-18(3,4)21-14(2)19/h5,7-8,11,16-17H,6,9-10,12H2,1-4H3/t16-,17?/m1/s1. The maximum atomic E-state index is 11.1. The minimum atomic E-state index is -0.564. The van der Waals surface area contributed by atoms with Crippen LogP contribution in [0.15, 0.2) is 24.3 Å². The Bertz CT molecular complexity index is 493. The van der Waals surface area contributed by atoms with Crippen molar-refractivity contribution in [2.24, 2.45) is 0 Å². The van der Waals surface area contributed by atoms with E-state index in [1.165, 1.54) is 30.9 Å². The number of esters is 1. The molecule has 1 aliphatic carbocycles. The van der Waals surface area contributed by atoms with Gasteiger partial charge in [0.15, 0.2) is 0 Å². The Kier molecular flexibility index (Phi) is 5.04. The Labute approximate surface area is 127 Å². The van der Waals surface area contributed by atoms with Gasteiger partial charge in [0.05, 0.1) is 12.7 Å². The van der Waals surface area contributed by atoms with Crippen LogP contribution in [0.5, 0.6) is 0 Å². The number of carbonyl (C=O) groups excluding carboxylic acids is 1. The van der Waals surface area contributed by atoms with Gasteiger partial charge in [-0.3, -0.25) is 4.79 Å². The third-order valence-corrected chi connectivity index (χ3v) is 3.99. The van der Waals surface area contributed by atoms with Crippen molar-refractivity contribution in [3.05, 3.63) is 35.4 Å². The van der Waals surface area contributed by atoms with Gasteiger partial charge in [0.25, 0.3) is 0 Å². The lowest BCUT2D eigenvalue weighted by molar-refractivity contribution is -0.161. The highest BCUT2D eigenvalue weighted by molar-refractivity contribution is 5.66. The summed E-state index contributed by atoms with van der Waals surface area (Å²) in [5.41, 5.74) is 2.09. The fourth-order valence-corrected chi connectivity index (χ4v) is 3.13. The zero-order valence-electron chi connectivity index (χ0n) is 13.5. The molecule has 1 aromatic carbocycles. The molecule has 0 spiro atoms. The van der Waals surface area contributed by atoms with Gasteiger partial charge in [-0.05, 0) is 39.2 Å². The van der Waals surface area contributed by atoms with E-state index in [4.69, 9.17) is 9.47 Å². The number of hydrogen-bond donors (Lipinski definition) is 0. The lowest BCUT2D eigenvalue weighted by Crippen LogP contribution is -2.35. The van der Waals surface area contributed by atoms with Gasteiger partial charge in [-0.1, -0.05) is 36.2 Å². The minimum absolute atomic E-state index is 0.224. The molecule has 1 saturated carbocycles. The maximum Gasteiger partial charge on any atom is 0.303 e. The molecule has 1 aromatic rings. The van der Waals surface area contributed by atoms with Gasteiger partial charge >= 0.3 is 5.97 Å². The van der Waals surface area contributed by atoms with Gasteiger partial charge in [0.2, 0.25) is 0 Å². The summed E-state index contributed by atoms with van der Waals surface area (Å²) in [6.07, 6.45) is 3.66. The van der Waals surface area contributed by atoms with E-state index in [1.54, 1.807) is 0 Å². The third-order valence-electron chi connectivity index (χ3n) is 3.99. The number of hydrogen-bond acceptors (Lipinski definition) is 3. The van der Waals surface area contributed by atoms with E-state index in [0.717, 1.165) is 6.42 Å². The van der Waals surface area contributed by atoms with Crippen molar-refractivity contribution in [2.45, 2.75) is 64.6 Å². The van der Waals surface area contributed by atoms with E-state index in [1.807, 2.05) is 13.8 Å². The molecule has 1 aliphatic rings. The van der Waals surface area contributed by atoms with E-state index in [0.29, 0.717) is 12.5 Å². The molecule has 1 fully saturated rings. The minimum Gasteiger partial charge on any atom is -0.457 e. The number of benzene rings is 1. The molecule has 0 bridgehead atoms. The first-order valence-electron chi connectivity index (χ1n) is 7.75. The average Bonchev–Trinajstić information content (AvgIpc) is 2.83. The molecule has 3 heteroatoms. The second-order valence-electron chi connectivity index (χ2n) is 6.65. The highest BCUT2D eigenvalue weighted by atomic mass is 16.6. The second-order valence-corrected chi connectivity index (χ2v) is 6.65. The molecule has 0 saturated heterocycles. The second kappa shape index (κ2) is 6.61. The van der Waals surface area contributed by atoms with Gasteiger partial charge in [-0.2, -0.15) is 0 Å². The van der Waals surface area contributed by atoms with Crippen LogP contribution in [-0.2, 0) is 14.3 Å². The molecule has 0 aromatic heterocycles. The molecule has 0 N–H and O–H groups in total. The summed E-state index contributed by atoms with van der Waals surface area (Å²) in [6, 6.07) is 8.68. The quantitative estimate of drug-likeness (QED) is 0.769. The Morgan fingerprint density at radius 1 is 1.33 bits per heavy atom. The van der Waals surface area contributed by atoms with Crippen LogP contribution in [0.3, 0.4) is 0 Å². The van der Waals surface area contributed by atoms with Gasteiger partial charge in [-0.25, -0.2) is 0 Å². The van der Waals surface area contributed by atoms with Crippen LogP contribution in [0.4, 0.5) is 0 Å². The van der Waals surface area contributed by atoms with Gasteiger partial charge in [0.1, 0.15) is 5.60 Å². The summed E-state index contributed by atoms with van der Waals surface area (Å²) >= 11 is 0. The van der Waals surface area contributed by atoms with Gasteiger partial charge in [-0.15, -0.1) is 0 Å². The van der Waals surface area contributed by atoms with Crippen molar-refractivity contribution in [1.82, 2.24) is 0 Å². The molecule has 0 radical (unpaired) electrons. The van der Waals surface area contributed by atoms with E-state index in [9.17, 15) is 4.79 Å².